The predicted octanol–water partition coefficient (Wildman–Crippen LogP) is 1.47. The molecule has 0 spiro atoms. The number of aromatic amines is 1. The number of aromatic nitrogens is 2. The van der Waals surface area contributed by atoms with Gasteiger partial charge in [-0.1, -0.05) is 19.8 Å². The highest BCUT2D eigenvalue weighted by atomic mass is 32.2. The fourth-order valence-electron chi connectivity index (χ4n) is 2.77. The molecule has 1 saturated carbocycles. The van der Waals surface area contributed by atoms with E-state index < -0.39 is 10.0 Å². The molecule has 0 atom stereocenters. The predicted molar refractivity (Wildman–Crippen MR) is 82.7 cm³/mol. The zero-order chi connectivity index (χ0) is 15.5. The lowest BCUT2D eigenvalue weighted by Crippen LogP contribution is -2.42. The Morgan fingerprint density at radius 2 is 1.95 bits per heavy atom. The van der Waals surface area contributed by atoms with E-state index in [1.165, 1.54) is 6.20 Å². The molecule has 0 unspecified atom stereocenters. The summed E-state index contributed by atoms with van der Waals surface area (Å²) in [5.74, 6) is 0.715. The third kappa shape index (κ3) is 3.84. The number of rotatable bonds is 7. The summed E-state index contributed by atoms with van der Waals surface area (Å²) >= 11 is 0. The summed E-state index contributed by atoms with van der Waals surface area (Å²) in [6.45, 7) is 3.21. The third-order valence-corrected chi connectivity index (χ3v) is 5.89. The summed E-state index contributed by atoms with van der Waals surface area (Å²) in [7, 11) is 0.445. The van der Waals surface area contributed by atoms with Crippen molar-refractivity contribution in [2.24, 2.45) is 0 Å². The van der Waals surface area contributed by atoms with Crippen LogP contribution < -0.4 is 0 Å². The first-order valence-corrected chi connectivity index (χ1v) is 9.09. The van der Waals surface area contributed by atoms with Crippen molar-refractivity contribution >= 4 is 10.0 Å². The Kier molecular flexibility index (Phi) is 5.40. The molecule has 1 fully saturated rings. The van der Waals surface area contributed by atoms with Gasteiger partial charge in [0.05, 0.1) is 6.20 Å². The van der Waals surface area contributed by atoms with Crippen molar-refractivity contribution in [3.8, 4) is 0 Å². The second-order valence-electron chi connectivity index (χ2n) is 5.91. The van der Waals surface area contributed by atoms with Gasteiger partial charge in [-0.3, -0.25) is 0 Å². The van der Waals surface area contributed by atoms with Crippen molar-refractivity contribution in [2.75, 3.05) is 27.2 Å². The van der Waals surface area contributed by atoms with Crippen LogP contribution in [0.3, 0.4) is 0 Å². The van der Waals surface area contributed by atoms with Crippen molar-refractivity contribution < 1.29 is 8.42 Å². The minimum absolute atomic E-state index is 0.128. The van der Waals surface area contributed by atoms with Gasteiger partial charge in [0, 0.05) is 25.6 Å². The Morgan fingerprint density at radius 1 is 1.29 bits per heavy atom. The molecule has 0 amide bonds. The lowest BCUT2D eigenvalue weighted by atomic mass is 10.2. The highest BCUT2D eigenvalue weighted by Crippen LogP contribution is 2.28. The Hall–Kier alpha value is -0.920. The number of sulfonamides is 1. The van der Waals surface area contributed by atoms with Gasteiger partial charge in [-0.05, 0) is 26.9 Å². The van der Waals surface area contributed by atoms with E-state index in [-0.39, 0.29) is 11.1 Å². The Morgan fingerprint density at radius 3 is 2.48 bits per heavy atom. The largest absolute Gasteiger partial charge is 0.332 e. The summed E-state index contributed by atoms with van der Waals surface area (Å²) in [5.41, 5.74) is 0. The van der Waals surface area contributed by atoms with Gasteiger partial charge in [0.15, 0.2) is 5.03 Å². The van der Waals surface area contributed by atoms with E-state index in [2.05, 4.69) is 9.97 Å². The SMILES string of the molecule is CCc1ncc(S(=O)(=O)N(CCN(C)C)C2CCCC2)[nH]1. The highest BCUT2D eigenvalue weighted by Gasteiger charge is 2.34. The van der Waals surface area contributed by atoms with Gasteiger partial charge >= 0.3 is 0 Å². The van der Waals surface area contributed by atoms with Gasteiger partial charge in [0.25, 0.3) is 10.0 Å². The maximum Gasteiger partial charge on any atom is 0.260 e. The first-order chi connectivity index (χ1) is 9.95. The van der Waals surface area contributed by atoms with Gasteiger partial charge in [0.1, 0.15) is 5.82 Å². The summed E-state index contributed by atoms with van der Waals surface area (Å²) in [5, 5.41) is 0.227. The lowest BCUT2D eigenvalue weighted by molar-refractivity contribution is 0.281. The van der Waals surface area contributed by atoms with Crippen LogP contribution in [0.2, 0.25) is 0 Å². The molecule has 7 heteroatoms. The lowest BCUT2D eigenvalue weighted by Gasteiger charge is -2.28. The maximum atomic E-state index is 12.9. The molecular weight excluding hydrogens is 288 g/mol. The number of imidazole rings is 1. The summed E-state index contributed by atoms with van der Waals surface area (Å²) in [6.07, 6.45) is 6.30. The molecule has 0 saturated heterocycles. The standard InChI is InChI=1S/C14H26N4O2S/c1-4-13-15-11-14(16-13)21(19,20)18(10-9-17(2)3)12-7-5-6-8-12/h11-12H,4-10H2,1-3H3,(H,15,16). The first-order valence-electron chi connectivity index (χ1n) is 7.65. The van der Waals surface area contributed by atoms with Gasteiger partial charge in [-0.15, -0.1) is 0 Å². The van der Waals surface area contributed by atoms with Gasteiger partial charge < -0.3 is 9.88 Å². The van der Waals surface area contributed by atoms with Crippen LogP contribution in [0.5, 0.6) is 0 Å². The fourth-order valence-corrected chi connectivity index (χ4v) is 4.38. The van der Waals surface area contributed by atoms with Crippen molar-refractivity contribution in [3.05, 3.63) is 12.0 Å². The second-order valence-corrected chi connectivity index (χ2v) is 7.76. The number of aryl methyl sites for hydroxylation is 1. The average molecular weight is 314 g/mol. The topological polar surface area (TPSA) is 69.3 Å². The minimum atomic E-state index is -3.48. The van der Waals surface area contributed by atoms with Crippen molar-refractivity contribution in [2.45, 2.75) is 50.1 Å². The van der Waals surface area contributed by atoms with Gasteiger partial charge in [-0.2, -0.15) is 4.31 Å². The van der Waals surface area contributed by atoms with Crippen LogP contribution in [0.1, 0.15) is 38.4 Å². The smallest absolute Gasteiger partial charge is 0.260 e. The molecule has 0 radical (unpaired) electrons. The Labute approximate surface area is 127 Å². The van der Waals surface area contributed by atoms with Crippen molar-refractivity contribution in [3.63, 3.8) is 0 Å². The molecule has 1 aliphatic rings. The van der Waals surface area contributed by atoms with E-state index >= 15 is 0 Å². The molecule has 1 aliphatic carbocycles. The van der Waals surface area contributed by atoms with E-state index in [1.54, 1.807) is 4.31 Å². The van der Waals surface area contributed by atoms with Crippen LogP contribution in [-0.4, -0.2) is 60.8 Å². The zero-order valence-electron chi connectivity index (χ0n) is 13.2. The van der Waals surface area contributed by atoms with E-state index in [0.29, 0.717) is 18.8 Å². The Balaban J connectivity index is 2.24. The number of H-pyrrole nitrogens is 1. The van der Waals surface area contributed by atoms with Crippen LogP contribution in [-0.2, 0) is 16.4 Å². The van der Waals surface area contributed by atoms with E-state index in [9.17, 15) is 8.42 Å². The van der Waals surface area contributed by atoms with Crippen LogP contribution in [0, 0.1) is 0 Å². The number of hydrogen-bond donors (Lipinski definition) is 1. The molecule has 0 aliphatic heterocycles. The molecule has 0 bridgehead atoms. The first kappa shape index (κ1) is 16.5. The molecule has 0 aromatic carbocycles. The number of nitrogens with zero attached hydrogens (tertiary/aromatic N) is 3. The highest BCUT2D eigenvalue weighted by molar-refractivity contribution is 7.89. The zero-order valence-corrected chi connectivity index (χ0v) is 14.0. The second kappa shape index (κ2) is 6.89. The number of hydrogen-bond acceptors (Lipinski definition) is 4. The minimum Gasteiger partial charge on any atom is -0.332 e. The van der Waals surface area contributed by atoms with E-state index in [1.807, 2.05) is 25.9 Å². The number of likely N-dealkylation sites (N-methyl/N-ethyl adjacent to an activating group) is 1. The molecule has 6 nitrogen and oxygen atoms in total. The van der Waals surface area contributed by atoms with Crippen LogP contribution in [0.4, 0.5) is 0 Å². The molecule has 120 valence electrons. The van der Waals surface area contributed by atoms with E-state index in [4.69, 9.17) is 0 Å². The van der Waals surface area contributed by atoms with Crippen LogP contribution >= 0.6 is 0 Å². The normalized spacial score (nSPS) is 17.2. The van der Waals surface area contributed by atoms with Crippen LogP contribution in [0.15, 0.2) is 11.2 Å². The fraction of sp³-hybridized carbons (Fsp3) is 0.786. The maximum absolute atomic E-state index is 12.9. The van der Waals surface area contributed by atoms with Gasteiger partial charge in [-0.25, -0.2) is 13.4 Å². The molecular formula is C14H26N4O2S. The van der Waals surface area contributed by atoms with Crippen molar-refractivity contribution in [1.29, 1.82) is 0 Å². The average Bonchev–Trinajstić information content (AvgIpc) is 3.09. The summed E-state index contributed by atoms with van der Waals surface area (Å²) < 4.78 is 27.5. The molecule has 1 N–H and O–H groups in total. The molecule has 2 rings (SSSR count). The summed E-state index contributed by atoms with van der Waals surface area (Å²) in [4.78, 5) is 9.09. The van der Waals surface area contributed by atoms with E-state index in [0.717, 1.165) is 32.2 Å². The Bertz CT molecular complexity index is 547. The number of nitrogens with one attached hydrogen (secondary N) is 1. The molecule has 1 heterocycles. The monoisotopic (exact) mass is 314 g/mol. The van der Waals surface area contributed by atoms with Crippen molar-refractivity contribution in [1.82, 2.24) is 19.2 Å². The van der Waals surface area contributed by atoms with Crippen LogP contribution in [0.25, 0.3) is 0 Å². The summed E-state index contributed by atoms with van der Waals surface area (Å²) in [6, 6.07) is 0.128. The third-order valence-electron chi connectivity index (χ3n) is 4.03. The molecule has 1 aromatic heterocycles. The quantitative estimate of drug-likeness (QED) is 0.827. The molecule has 1 aromatic rings. The van der Waals surface area contributed by atoms with Gasteiger partial charge in [0.2, 0.25) is 0 Å². The molecule has 21 heavy (non-hydrogen) atoms.